The predicted molar refractivity (Wildman–Crippen MR) is 67.0 cm³/mol. The van der Waals surface area contributed by atoms with E-state index in [2.05, 4.69) is 10.3 Å². The van der Waals surface area contributed by atoms with Crippen molar-refractivity contribution in [2.45, 2.75) is 4.90 Å². The quantitative estimate of drug-likeness (QED) is 0.799. The lowest BCUT2D eigenvalue weighted by Gasteiger charge is -2.05. The van der Waals surface area contributed by atoms with Crippen LogP contribution in [0.5, 0.6) is 0 Å². The second kappa shape index (κ2) is 4.90. The smallest absolute Gasteiger partial charge is 0.272 e. The summed E-state index contributed by atoms with van der Waals surface area (Å²) in [6.45, 7) is 0. The number of H-pyrrole nitrogens is 1. The predicted octanol–water partition coefficient (Wildman–Crippen LogP) is 2.99. The zero-order valence-corrected chi connectivity index (χ0v) is 9.67. The van der Waals surface area contributed by atoms with E-state index in [0.717, 1.165) is 10.6 Å². The molecule has 0 atom stereocenters. The van der Waals surface area contributed by atoms with Gasteiger partial charge in [-0.25, -0.2) is 0 Å². The van der Waals surface area contributed by atoms with Crippen LogP contribution < -0.4 is 5.32 Å². The molecule has 0 fully saturated rings. The average molecular weight is 232 g/mol. The minimum Gasteiger partial charge on any atom is -0.357 e. The van der Waals surface area contributed by atoms with Gasteiger partial charge in [0.1, 0.15) is 5.69 Å². The molecule has 4 heteroatoms. The lowest BCUT2D eigenvalue weighted by Crippen LogP contribution is -2.11. The SMILES string of the molecule is CSc1cccc(NC(=O)c2ccc[nH]2)c1. The van der Waals surface area contributed by atoms with Gasteiger partial charge in [-0.1, -0.05) is 6.07 Å². The van der Waals surface area contributed by atoms with Crippen LogP contribution in [0.4, 0.5) is 5.69 Å². The summed E-state index contributed by atoms with van der Waals surface area (Å²) >= 11 is 1.65. The first-order valence-electron chi connectivity index (χ1n) is 4.88. The highest BCUT2D eigenvalue weighted by molar-refractivity contribution is 7.98. The third-order valence-corrected chi connectivity index (χ3v) is 2.90. The molecule has 82 valence electrons. The Kier molecular flexibility index (Phi) is 3.31. The second-order valence-corrected chi connectivity index (χ2v) is 4.15. The van der Waals surface area contributed by atoms with Crippen molar-refractivity contribution in [3.8, 4) is 0 Å². The zero-order chi connectivity index (χ0) is 11.4. The molecule has 3 nitrogen and oxygen atoms in total. The number of carbonyl (C=O) groups is 1. The van der Waals surface area contributed by atoms with Gasteiger partial charge < -0.3 is 10.3 Å². The van der Waals surface area contributed by atoms with Crippen molar-refractivity contribution in [2.24, 2.45) is 0 Å². The van der Waals surface area contributed by atoms with E-state index in [4.69, 9.17) is 0 Å². The summed E-state index contributed by atoms with van der Waals surface area (Å²) in [6.07, 6.45) is 3.74. The Balaban J connectivity index is 2.12. The van der Waals surface area contributed by atoms with Gasteiger partial charge in [-0.05, 0) is 36.6 Å². The molecule has 2 aromatic rings. The normalized spacial score (nSPS) is 10.1. The molecule has 1 aromatic heterocycles. The molecule has 0 aliphatic heterocycles. The maximum Gasteiger partial charge on any atom is 0.272 e. The summed E-state index contributed by atoms with van der Waals surface area (Å²) in [5.41, 5.74) is 1.38. The van der Waals surface area contributed by atoms with Gasteiger partial charge >= 0.3 is 0 Å². The topological polar surface area (TPSA) is 44.9 Å². The molecule has 2 N–H and O–H groups in total. The molecule has 0 unspecified atom stereocenters. The molecule has 0 bridgehead atoms. The van der Waals surface area contributed by atoms with E-state index in [1.54, 1.807) is 30.1 Å². The fourth-order valence-corrected chi connectivity index (χ4v) is 1.83. The molecular formula is C12H12N2OS. The maximum atomic E-state index is 11.7. The fraction of sp³-hybridized carbons (Fsp3) is 0.0833. The third-order valence-electron chi connectivity index (χ3n) is 2.17. The Bertz CT molecular complexity index is 480. The largest absolute Gasteiger partial charge is 0.357 e. The molecule has 1 amide bonds. The van der Waals surface area contributed by atoms with Gasteiger partial charge in [0.15, 0.2) is 0 Å². The summed E-state index contributed by atoms with van der Waals surface area (Å²) in [7, 11) is 0. The van der Waals surface area contributed by atoms with E-state index in [1.807, 2.05) is 30.5 Å². The van der Waals surface area contributed by atoms with Gasteiger partial charge in [0.05, 0.1) is 0 Å². The van der Waals surface area contributed by atoms with Crippen LogP contribution in [0.1, 0.15) is 10.5 Å². The number of aromatic amines is 1. The molecule has 1 heterocycles. The number of thioether (sulfide) groups is 1. The molecule has 0 radical (unpaired) electrons. The minimum atomic E-state index is -0.122. The average Bonchev–Trinajstić information content (AvgIpc) is 2.83. The maximum absolute atomic E-state index is 11.7. The lowest BCUT2D eigenvalue weighted by molar-refractivity contribution is 0.102. The van der Waals surface area contributed by atoms with E-state index in [0.29, 0.717) is 5.69 Å². The molecular weight excluding hydrogens is 220 g/mol. The first-order chi connectivity index (χ1) is 7.79. The highest BCUT2D eigenvalue weighted by Gasteiger charge is 2.05. The standard InChI is InChI=1S/C12H12N2OS/c1-16-10-5-2-4-9(8-10)14-12(15)11-6-3-7-13-11/h2-8,13H,1H3,(H,14,15). The zero-order valence-electron chi connectivity index (χ0n) is 8.86. The monoisotopic (exact) mass is 232 g/mol. The van der Waals surface area contributed by atoms with Crippen LogP contribution in [0.2, 0.25) is 0 Å². The first-order valence-corrected chi connectivity index (χ1v) is 6.11. The van der Waals surface area contributed by atoms with Crippen molar-refractivity contribution in [1.82, 2.24) is 4.98 Å². The second-order valence-electron chi connectivity index (χ2n) is 3.27. The number of aromatic nitrogens is 1. The molecule has 0 saturated heterocycles. The van der Waals surface area contributed by atoms with E-state index in [-0.39, 0.29) is 5.91 Å². The Hall–Kier alpha value is -1.68. The van der Waals surface area contributed by atoms with Crippen LogP contribution in [0.25, 0.3) is 0 Å². The molecule has 0 aliphatic carbocycles. The van der Waals surface area contributed by atoms with Crippen molar-refractivity contribution in [2.75, 3.05) is 11.6 Å². The number of rotatable bonds is 3. The summed E-state index contributed by atoms with van der Waals surface area (Å²) in [6, 6.07) is 11.3. The van der Waals surface area contributed by atoms with Crippen molar-refractivity contribution in [1.29, 1.82) is 0 Å². The van der Waals surface area contributed by atoms with Gasteiger partial charge in [-0.2, -0.15) is 0 Å². The van der Waals surface area contributed by atoms with Crippen LogP contribution in [0.3, 0.4) is 0 Å². The molecule has 0 aliphatic rings. The minimum absolute atomic E-state index is 0.122. The van der Waals surface area contributed by atoms with Crippen molar-refractivity contribution in [3.63, 3.8) is 0 Å². The van der Waals surface area contributed by atoms with Gasteiger partial charge in [-0.3, -0.25) is 4.79 Å². The fourth-order valence-electron chi connectivity index (χ4n) is 1.37. The molecule has 16 heavy (non-hydrogen) atoms. The number of benzene rings is 1. The number of nitrogens with one attached hydrogen (secondary N) is 2. The lowest BCUT2D eigenvalue weighted by atomic mass is 10.3. The summed E-state index contributed by atoms with van der Waals surface area (Å²) in [5, 5.41) is 2.84. The number of hydrogen-bond acceptors (Lipinski definition) is 2. The molecule has 0 spiro atoms. The van der Waals surface area contributed by atoms with Gasteiger partial charge in [0.25, 0.3) is 5.91 Å². The van der Waals surface area contributed by atoms with Crippen LogP contribution in [0, 0.1) is 0 Å². The Morgan fingerprint density at radius 3 is 2.88 bits per heavy atom. The Labute approximate surface area is 98.3 Å². The molecule has 0 saturated carbocycles. The van der Waals surface area contributed by atoms with Crippen molar-refractivity contribution < 1.29 is 4.79 Å². The number of hydrogen-bond donors (Lipinski definition) is 2. The summed E-state index contributed by atoms with van der Waals surface area (Å²) in [4.78, 5) is 15.7. The summed E-state index contributed by atoms with van der Waals surface area (Å²) in [5.74, 6) is -0.122. The highest BCUT2D eigenvalue weighted by atomic mass is 32.2. The highest BCUT2D eigenvalue weighted by Crippen LogP contribution is 2.19. The number of anilines is 1. The number of carbonyl (C=O) groups excluding carboxylic acids is 1. The molecule has 1 aromatic carbocycles. The van der Waals surface area contributed by atoms with E-state index in [9.17, 15) is 4.79 Å². The van der Waals surface area contributed by atoms with E-state index >= 15 is 0 Å². The van der Waals surface area contributed by atoms with Gasteiger partial charge in [0, 0.05) is 16.8 Å². The van der Waals surface area contributed by atoms with Crippen LogP contribution in [-0.2, 0) is 0 Å². The van der Waals surface area contributed by atoms with Crippen LogP contribution in [-0.4, -0.2) is 17.1 Å². The third kappa shape index (κ3) is 2.46. The van der Waals surface area contributed by atoms with Gasteiger partial charge in [-0.15, -0.1) is 11.8 Å². The van der Waals surface area contributed by atoms with Crippen LogP contribution in [0.15, 0.2) is 47.5 Å². The van der Waals surface area contributed by atoms with Gasteiger partial charge in [0.2, 0.25) is 0 Å². The van der Waals surface area contributed by atoms with Crippen LogP contribution >= 0.6 is 11.8 Å². The van der Waals surface area contributed by atoms with Crippen molar-refractivity contribution in [3.05, 3.63) is 48.3 Å². The Morgan fingerprint density at radius 2 is 2.19 bits per heavy atom. The number of amides is 1. The molecule has 2 rings (SSSR count). The van der Waals surface area contributed by atoms with E-state index < -0.39 is 0 Å². The summed E-state index contributed by atoms with van der Waals surface area (Å²) < 4.78 is 0. The Morgan fingerprint density at radius 1 is 1.31 bits per heavy atom. The first kappa shape index (κ1) is 10.8. The van der Waals surface area contributed by atoms with Crippen molar-refractivity contribution >= 4 is 23.4 Å². The van der Waals surface area contributed by atoms with E-state index in [1.165, 1.54) is 0 Å².